The maximum absolute atomic E-state index is 11.5. The number of rotatable bonds is 0. The van der Waals surface area contributed by atoms with E-state index in [1.54, 1.807) is 6.20 Å². The van der Waals surface area contributed by atoms with Gasteiger partial charge in [-0.1, -0.05) is 18.2 Å². The fourth-order valence-corrected chi connectivity index (χ4v) is 1.66. The molecule has 0 aliphatic carbocycles. The van der Waals surface area contributed by atoms with Crippen molar-refractivity contribution in [2.75, 3.05) is 0 Å². The van der Waals surface area contributed by atoms with E-state index >= 15 is 0 Å². The number of benzene rings is 1. The van der Waals surface area contributed by atoms with Crippen molar-refractivity contribution in [3.8, 4) is 0 Å². The quantitative estimate of drug-likeness (QED) is 0.608. The molecule has 3 aromatic rings. The molecule has 3 rings (SSSR count). The van der Waals surface area contributed by atoms with Crippen molar-refractivity contribution < 1.29 is 0 Å². The summed E-state index contributed by atoms with van der Waals surface area (Å²) in [5, 5.41) is 8.29. The molecule has 0 spiro atoms. The molecule has 4 nitrogen and oxygen atoms in total. The molecule has 76 valence electrons. The molecule has 0 atom stereocenters. The van der Waals surface area contributed by atoms with E-state index < -0.39 is 0 Å². The molecule has 2 aromatic heterocycles. The van der Waals surface area contributed by atoms with Crippen LogP contribution in [-0.4, -0.2) is 15.2 Å². The minimum absolute atomic E-state index is 0. The molecule has 2 N–H and O–H groups in total. The zero-order chi connectivity index (χ0) is 9.54. The molecule has 0 bridgehead atoms. The Morgan fingerprint density at radius 1 is 1.13 bits per heavy atom. The Morgan fingerprint density at radius 3 is 2.80 bits per heavy atom. The standard InChI is InChI=1S/C10H7N3O.ClH/c14-10-7-5-11-13-9(7)6-3-1-2-4-8(6)12-10;/h1-5H,(H,11,13)(H,12,14);1H. The summed E-state index contributed by atoms with van der Waals surface area (Å²) in [5.74, 6) is 0. The van der Waals surface area contributed by atoms with E-state index in [-0.39, 0.29) is 18.0 Å². The Labute approximate surface area is 90.7 Å². The van der Waals surface area contributed by atoms with Crippen molar-refractivity contribution in [3.63, 3.8) is 0 Å². The number of nitrogens with zero attached hydrogens (tertiary/aromatic N) is 1. The summed E-state index contributed by atoms with van der Waals surface area (Å²) < 4.78 is 0. The van der Waals surface area contributed by atoms with E-state index in [1.165, 1.54) is 0 Å². The van der Waals surface area contributed by atoms with Crippen LogP contribution in [0, 0.1) is 0 Å². The number of para-hydroxylation sites is 1. The molecule has 0 aliphatic rings. The fraction of sp³-hybridized carbons (Fsp3) is 0. The van der Waals surface area contributed by atoms with Crippen LogP contribution in [0.5, 0.6) is 0 Å². The summed E-state index contributed by atoms with van der Waals surface area (Å²) >= 11 is 0. The van der Waals surface area contributed by atoms with E-state index in [0.717, 1.165) is 16.4 Å². The zero-order valence-electron chi connectivity index (χ0n) is 7.65. The Balaban J connectivity index is 0.000000853. The minimum atomic E-state index is -0.104. The highest BCUT2D eigenvalue weighted by Crippen LogP contribution is 2.17. The second kappa shape index (κ2) is 3.40. The van der Waals surface area contributed by atoms with Gasteiger partial charge in [0.05, 0.1) is 22.6 Å². The largest absolute Gasteiger partial charge is 0.321 e. The number of nitrogens with one attached hydrogen (secondary N) is 2. The van der Waals surface area contributed by atoms with Crippen LogP contribution in [0.4, 0.5) is 0 Å². The van der Waals surface area contributed by atoms with Crippen molar-refractivity contribution in [2.24, 2.45) is 0 Å². The summed E-state index contributed by atoms with van der Waals surface area (Å²) in [6.07, 6.45) is 1.54. The van der Waals surface area contributed by atoms with Crippen LogP contribution in [-0.2, 0) is 0 Å². The summed E-state index contributed by atoms with van der Waals surface area (Å²) in [4.78, 5) is 14.3. The lowest BCUT2D eigenvalue weighted by molar-refractivity contribution is 1.12. The van der Waals surface area contributed by atoms with Gasteiger partial charge in [-0.15, -0.1) is 12.4 Å². The Kier molecular flexibility index (Phi) is 2.21. The number of aromatic nitrogens is 3. The van der Waals surface area contributed by atoms with Crippen molar-refractivity contribution in [1.82, 2.24) is 15.2 Å². The van der Waals surface area contributed by atoms with Crippen molar-refractivity contribution in [1.29, 1.82) is 0 Å². The molecule has 0 aliphatic heterocycles. The number of fused-ring (bicyclic) bond motifs is 3. The fourth-order valence-electron chi connectivity index (χ4n) is 1.66. The lowest BCUT2D eigenvalue weighted by atomic mass is 10.2. The molecule has 0 radical (unpaired) electrons. The summed E-state index contributed by atoms with van der Waals surface area (Å²) in [7, 11) is 0. The third-order valence-electron chi connectivity index (χ3n) is 2.33. The van der Waals surface area contributed by atoms with Gasteiger partial charge in [-0.3, -0.25) is 9.89 Å². The predicted octanol–water partition coefficient (Wildman–Crippen LogP) is 1.83. The number of pyridine rings is 1. The average molecular weight is 222 g/mol. The Bertz CT molecular complexity index is 671. The van der Waals surface area contributed by atoms with Gasteiger partial charge in [0.2, 0.25) is 0 Å². The molecule has 0 saturated carbocycles. The first kappa shape index (κ1) is 9.73. The molecule has 1 aromatic carbocycles. The van der Waals surface area contributed by atoms with Crippen LogP contribution in [0.2, 0.25) is 0 Å². The third kappa shape index (κ3) is 1.30. The van der Waals surface area contributed by atoms with Gasteiger partial charge in [-0.2, -0.15) is 5.10 Å². The molecular weight excluding hydrogens is 214 g/mol. The maximum Gasteiger partial charge on any atom is 0.259 e. The summed E-state index contributed by atoms with van der Waals surface area (Å²) in [6.45, 7) is 0. The number of hydrogen-bond donors (Lipinski definition) is 2. The molecule has 5 heteroatoms. The highest BCUT2D eigenvalue weighted by atomic mass is 35.5. The van der Waals surface area contributed by atoms with Gasteiger partial charge >= 0.3 is 0 Å². The number of hydrogen-bond acceptors (Lipinski definition) is 2. The van der Waals surface area contributed by atoms with E-state index in [9.17, 15) is 4.79 Å². The second-order valence-electron chi connectivity index (χ2n) is 3.16. The molecule has 0 saturated heterocycles. The van der Waals surface area contributed by atoms with E-state index in [4.69, 9.17) is 0 Å². The predicted molar refractivity (Wildman–Crippen MR) is 61.5 cm³/mol. The molecule has 0 amide bonds. The first-order valence-electron chi connectivity index (χ1n) is 4.30. The van der Waals surface area contributed by atoms with E-state index in [0.29, 0.717) is 5.39 Å². The maximum atomic E-state index is 11.5. The Hall–Kier alpha value is -1.81. The summed E-state index contributed by atoms with van der Waals surface area (Å²) in [5.41, 5.74) is 1.52. The minimum Gasteiger partial charge on any atom is -0.321 e. The zero-order valence-corrected chi connectivity index (χ0v) is 8.47. The molecule has 0 fully saturated rings. The van der Waals surface area contributed by atoms with Crippen LogP contribution < -0.4 is 5.56 Å². The van der Waals surface area contributed by atoms with Gasteiger partial charge < -0.3 is 4.98 Å². The van der Waals surface area contributed by atoms with Crippen LogP contribution in [0.3, 0.4) is 0 Å². The second-order valence-corrected chi connectivity index (χ2v) is 3.16. The highest BCUT2D eigenvalue weighted by molar-refractivity contribution is 6.02. The van der Waals surface area contributed by atoms with Gasteiger partial charge in [0.1, 0.15) is 0 Å². The molecular formula is C10H8ClN3O. The van der Waals surface area contributed by atoms with Crippen molar-refractivity contribution in [3.05, 3.63) is 40.8 Å². The first-order chi connectivity index (χ1) is 6.86. The monoisotopic (exact) mass is 221 g/mol. The van der Waals surface area contributed by atoms with Gasteiger partial charge in [0, 0.05) is 5.39 Å². The lowest BCUT2D eigenvalue weighted by Crippen LogP contribution is -2.04. The molecule has 2 heterocycles. The number of H-pyrrole nitrogens is 2. The topological polar surface area (TPSA) is 61.5 Å². The van der Waals surface area contributed by atoms with Gasteiger partial charge in [-0.25, -0.2) is 0 Å². The SMILES string of the molecule is Cl.O=c1[nH]c2ccccc2c2[nH]ncc12. The highest BCUT2D eigenvalue weighted by Gasteiger charge is 2.04. The van der Waals surface area contributed by atoms with Crippen LogP contribution >= 0.6 is 12.4 Å². The van der Waals surface area contributed by atoms with Crippen LogP contribution in [0.15, 0.2) is 35.3 Å². The van der Waals surface area contributed by atoms with E-state index in [1.807, 2.05) is 24.3 Å². The lowest BCUT2D eigenvalue weighted by Gasteiger charge is -1.97. The number of aromatic amines is 2. The van der Waals surface area contributed by atoms with E-state index in [2.05, 4.69) is 15.2 Å². The first-order valence-corrected chi connectivity index (χ1v) is 4.30. The average Bonchev–Trinajstić information content (AvgIpc) is 2.67. The van der Waals surface area contributed by atoms with Crippen molar-refractivity contribution >= 4 is 34.2 Å². The smallest absolute Gasteiger partial charge is 0.259 e. The van der Waals surface area contributed by atoms with Gasteiger partial charge in [0.15, 0.2) is 0 Å². The normalized spacial score (nSPS) is 10.4. The van der Waals surface area contributed by atoms with Gasteiger partial charge in [-0.05, 0) is 6.07 Å². The third-order valence-corrected chi connectivity index (χ3v) is 2.33. The Morgan fingerprint density at radius 2 is 1.93 bits per heavy atom. The molecule has 0 unspecified atom stereocenters. The van der Waals surface area contributed by atoms with Gasteiger partial charge in [0.25, 0.3) is 5.56 Å². The van der Waals surface area contributed by atoms with Crippen LogP contribution in [0.25, 0.3) is 21.8 Å². The molecule has 15 heavy (non-hydrogen) atoms. The number of halogens is 1. The van der Waals surface area contributed by atoms with Crippen LogP contribution in [0.1, 0.15) is 0 Å². The van der Waals surface area contributed by atoms with Crippen molar-refractivity contribution in [2.45, 2.75) is 0 Å². The summed E-state index contributed by atoms with van der Waals surface area (Å²) in [6, 6.07) is 7.64.